The largest absolute Gasteiger partial charge is 0.333 e. The van der Waals surface area contributed by atoms with Crippen LogP contribution < -0.4 is 5.73 Å². The molecule has 0 bridgehead atoms. The van der Waals surface area contributed by atoms with Gasteiger partial charge in [-0.25, -0.2) is 4.98 Å². The van der Waals surface area contributed by atoms with E-state index in [2.05, 4.69) is 24.0 Å². The molecule has 138 valence electrons. The van der Waals surface area contributed by atoms with Crippen LogP contribution >= 0.6 is 36.2 Å². The lowest BCUT2D eigenvalue weighted by Crippen LogP contribution is -2.49. The molecule has 1 amide bonds. The Morgan fingerprint density at radius 2 is 2.04 bits per heavy atom. The fraction of sp³-hybridized carbons (Fsp3) is 0.444. The van der Waals surface area contributed by atoms with E-state index in [1.165, 1.54) is 5.56 Å². The number of piperidine rings is 1. The third kappa shape index (κ3) is 5.42. The van der Waals surface area contributed by atoms with E-state index in [1.807, 2.05) is 28.5 Å². The fourth-order valence-corrected chi connectivity index (χ4v) is 3.95. The van der Waals surface area contributed by atoms with Gasteiger partial charge in [-0.05, 0) is 24.3 Å². The maximum Gasteiger partial charge on any atom is 0.273 e. The summed E-state index contributed by atoms with van der Waals surface area (Å²) in [5, 5.41) is 2.86. The summed E-state index contributed by atoms with van der Waals surface area (Å²) in [6.07, 6.45) is 2.81. The summed E-state index contributed by atoms with van der Waals surface area (Å²) < 4.78 is 0. The van der Waals surface area contributed by atoms with Gasteiger partial charge in [0.2, 0.25) is 0 Å². The standard InChI is InChI=1S/C18H23N3OS.2ClH/c1-13-7-8-21(15(9-13)11-19)18(22)16-12-23-17(20-16)10-14-5-3-2-4-6-14;;/h2-6,12-13,15H,7-11,19H2,1H3;2*1H. The molecule has 1 aliphatic rings. The topological polar surface area (TPSA) is 59.2 Å². The van der Waals surface area contributed by atoms with E-state index >= 15 is 0 Å². The average molecular weight is 402 g/mol. The van der Waals surface area contributed by atoms with Gasteiger partial charge in [-0.15, -0.1) is 36.2 Å². The van der Waals surface area contributed by atoms with Crippen LogP contribution in [0.15, 0.2) is 35.7 Å². The first-order valence-electron chi connectivity index (χ1n) is 8.16. The number of nitrogens with zero attached hydrogens (tertiary/aromatic N) is 2. The molecule has 1 aliphatic heterocycles. The van der Waals surface area contributed by atoms with Gasteiger partial charge in [-0.2, -0.15) is 0 Å². The molecule has 2 aromatic rings. The van der Waals surface area contributed by atoms with Crippen molar-refractivity contribution in [2.45, 2.75) is 32.2 Å². The van der Waals surface area contributed by atoms with Gasteiger partial charge in [-0.1, -0.05) is 37.3 Å². The number of rotatable bonds is 4. The zero-order valence-corrected chi connectivity index (χ0v) is 16.7. The van der Waals surface area contributed by atoms with Crippen LogP contribution in [-0.2, 0) is 6.42 Å². The molecule has 2 unspecified atom stereocenters. The molecule has 2 N–H and O–H groups in total. The van der Waals surface area contributed by atoms with Crippen LogP contribution in [-0.4, -0.2) is 34.9 Å². The van der Waals surface area contributed by atoms with E-state index < -0.39 is 0 Å². The van der Waals surface area contributed by atoms with Crippen molar-refractivity contribution in [3.63, 3.8) is 0 Å². The molecule has 1 fully saturated rings. The molecule has 2 atom stereocenters. The zero-order valence-electron chi connectivity index (χ0n) is 14.3. The van der Waals surface area contributed by atoms with Crippen molar-refractivity contribution < 1.29 is 4.79 Å². The molecular formula is C18H25Cl2N3OS. The Bertz CT molecular complexity index is 665. The molecular weight excluding hydrogens is 377 g/mol. The summed E-state index contributed by atoms with van der Waals surface area (Å²) in [4.78, 5) is 19.2. The van der Waals surface area contributed by atoms with Crippen molar-refractivity contribution in [3.8, 4) is 0 Å². The molecule has 1 saturated heterocycles. The number of benzene rings is 1. The third-order valence-electron chi connectivity index (χ3n) is 4.48. The highest BCUT2D eigenvalue weighted by molar-refractivity contribution is 7.09. The molecule has 0 aliphatic carbocycles. The first-order chi connectivity index (χ1) is 11.2. The molecule has 2 heterocycles. The van der Waals surface area contributed by atoms with Gasteiger partial charge in [0.25, 0.3) is 5.91 Å². The van der Waals surface area contributed by atoms with E-state index in [0.717, 1.165) is 30.8 Å². The van der Waals surface area contributed by atoms with Crippen LogP contribution in [0.3, 0.4) is 0 Å². The van der Waals surface area contributed by atoms with E-state index in [-0.39, 0.29) is 36.8 Å². The third-order valence-corrected chi connectivity index (χ3v) is 5.33. The molecule has 4 nitrogen and oxygen atoms in total. The van der Waals surface area contributed by atoms with Crippen molar-refractivity contribution in [1.29, 1.82) is 0 Å². The number of thiazole rings is 1. The van der Waals surface area contributed by atoms with Gasteiger partial charge < -0.3 is 10.6 Å². The monoisotopic (exact) mass is 401 g/mol. The fourth-order valence-electron chi connectivity index (χ4n) is 3.15. The number of amides is 1. The van der Waals surface area contributed by atoms with E-state index in [0.29, 0.717) is 18.2 Å². The van der Waals surface area contributed by atoms with Gasteiger partial charge in [0, 0.05) is 30.9 Å². The van der Waals surface area contributed by atoms with Crippen molar-refractivity contribution in [2.75, 3.05) is 13.1 Å². The van der Waals surface area contributed by atoms with Crippen LogP contribution in [0.4, 0.5) is 0 Å². The highest BCUT2D eigenvalue weighted by Gasteiger charge is 2.30. The van der Waals surface area contributed by atoms with Crippen LogP contribution in [0.1, 0.15) is 40.8 Å². The van der Waals surface area contributed by atoms with Crippen LogP contribution in [0, 0.1) is 5.92 Å². The maximum atomic E-state index is 12.8. The Morgan fingerprint density at radius 1 is 1.32 bits per heavy atom. The Hall–Kier alpha value is -1.14. The Kier molecular flexibility index (Phi) is 8.86. The lowest BCUT2D eigenvalue weighted by Gasteiger charge is -2.37. The number of hydrogen-bond acceptors (Lipinski definition) is 4. The molecule has 3 rings (SSSR count). The SMILES string of the molecule is CC1CCN(C(=O)c2csc(Cc3ccccc3)n2)C(CN)C1.Cl.Cl. The Labute approximate surface area is 165 Å². The van der Waals surface area contributed by atoms with Crippen LogP contribution in [0.2, 0.25) is 0 Å². The van der Waals surface area contributed by atoms with Crippen molar-refractivity contribution in [1.82, 2.24) is 9.88 Å². The van der Waals surface area contributed by atoms with E-state index in [4.69, 9.17) is 5.73 Å². The Morgan fingerprint density at radius 3 is 2.72 bits per heavy atom. The Balaban J connectivity index is 0.00000156. The molecule has 1 aromatic carbocycles. The molecule has 0 radical (unpaired) electrons. The second-order valence-corrected chi connectivity index (χ2v) is 7.25. The predicted octanol–water partition coefficient (Wildman–Crippen LogP) is 3.78. The summed E-state index contributed by atoms with van der Waals surface area (Å²) in [5.74, 6) is 0.666. The predicted molar refractivity (Wildman–Crippen MR) is 108 cm³/mol. The van der Waals surface area contributed by atoms with Gasteiger partial charge in [-0.3, -0.25) is 4.79 Å². The number of carbonyl (C=O) groups is 1. The van der Waals surface area contributed by atoms with Crippen molar-refractivity contribution in [2.24, 2.45) is 11.7 Å². The highest BCUT2D eigenvalue weighted by Crippen LogP contribution is 2.24. The number of likely N-dealkylation sites (tertiary alicyclic amines) is 1. The smallest absolute Gasteiger partial charge is 0.273 e. The summed E-state index contributed by atoms with van der Waals surface area (Å²) in [5.41, 5.74) is 7.65. The molecule has 0 spiro atoms. The van der Waals surface area contributed by atoms with Crippen LogP contribution in [0.5, 0.6) is 0 Å². The van der Waals surface area contributed by atoms with Crippen molar-refractivity contribution >= 4 is 42.1 Å². The first-order valence-corrected chi connectivity index (χ1v) is 9.04. The summed E-state index contributed by atoms with van der Waals surface area (Å²) >= 11 is 1.56. The first kappa shape index (κ1) is 21.9. The van der Waals surface area contributed by atoms with Gasteiger partial charge in [0.1, 0.15) is 5.69 Å². The highest BCUT2D eigenvalue weighted by atomic mass is 35.5. The zero-order chi connectivity index (χ0) is 16.2. The van der Waals surface area contributed by atoms with Gasteiger partial charge in [0.05, 0.1) is 5.01 Å². The lowest BCUT2D eigenvalue weighted by atomic mass is 9.92. The number of nitrogens with two attached hydrogens (primary N) is 1. The normalized spacial score (nSPS) is 19.7. The minimum Gasteiger partial charge on any atom is -0.333 e. The summed E-state index contributed by atoms with van der Waals surface area (Å²) in [6.45, 7) is 3.54. The molecule has 7 heteroatoms. The van der Waals surface area contributed by atoms with E-state index in [1.54, 1.807) is 11.3 Å². The number of aromatic nitrogens is 1. The number of hydrogen-bond donors (Lipinski definition) is 1. The van der Waals surface area contributed by atoms with E-state index in [9.17, 15) is 4.79 Å². The van der Waals surface area contributed by atoms with Crippen molar-refractivity contribution in [3.05, 3.63) is 52.0 Å². The number of carbonyl (C=O) groups excluding carboxylic acids is 1. The average Bonchev–Trinajstić information content (AvgIpc) is 3.03. The molecule has 1 aromatic heterocycles. The second-order valence-electron chi connectivity index (χ2n) is 6.31. The quantitative estimate of drug-likeness (QED) is 0.847. The molecule has 0 saturated carbocycles. The summed E-state index contributed by atoms with van der Waals surface area (Å²) in [7, 11) is 0. The maximum absolute atomic E-state index is 12.8. The number of halogens is 2. The lowest BCUT2D eigenvalue weighted by molar-refractivity contribution is 0.0568. The summed E-state index contributed by atoms with van der Waals surface area (Å²) in [6, 6.07) is 10.4. The second kappa shape index (κ2) is 10.1. The van der Waals surface area contributed by atoms with Gasteiger partial charge >= 0.3 is 0 Å². The minimum atomic E-state index is 0. The molecule has 25 heavy (non-hydrogen) atoms. The minimum absolute atomic E-state index is 0. The van der Waals surface area contributed by atoms with Crippen LogP contribution in [0.25, 0.3) is 0 Å². The van der Waals surface area contributed by atoms with Gasteiger partial charge in [0.15, 0.2) is 0 Å².